The Morgan fingerprint density at radius 3 is 2.50 bits per heavy atom. The Morgan fingerprint density at radius 2 is 1.84 bits per heavy atom. The monoisotopic (exact) mass is 450 g/mol. The van der Waals surface area contributed by atoms with E-state index < -0.39 is 36.7 Å². The van der Waals surface area contributed by atoms with Crippen LogP contribution in [-0.4, -0.2) is 37.6 Å². The SMILES string of the molecule is COc1cc(C2NC(=O)N=C(C)C2C(=O)OCC(F)(F)F)ccc1OCc1ccccc1. The summed E-state index contributed by atoms with van der Waals surface area (Å²) in [6.45, 7) is -0.0550. The van der Waals surface area contributed by atoms with Crippen LogP contribution in [0.1, 0.15) is 24.1 Å². The first-order valence-electron chi connectivity index (χ1n) is 9.61. The van der Waals surface area contributed by atoms with Gasteiger partial charge in [0.15, 0.2) is 18.1 Å². The van der Waals surface area contributed by atoms with E-state index in [4.69, 9.17) is 9.47 Å². The maximum atomic E-state index is 12.5. The zero-order valence-electron chi connectivity index (χ0n) is 17.3. The topological polar surface area (TPSA) is 86.2 Å². The zero-order valence-corrected chi connectivity index (χ0v) is 17.3. The van der Waals surface area contributed by atoms with Crippen LogP contribution in [-0.2, 0) is 16.1 Å². The molecule has 0 bridgehead atoms. The Bertz CT molecular complexity index is 1010. The highest BCUT2D eigenvalue weighted by atomic mass is 19.4. The number of urea groups is 1. The standard InChI is InChI=1S/C22H21F3N2O5/c1-13-18(20(28)32-12-22(23,24)25)19(27-21(29)26-13)15-8-9-16(17(10-15)30-2)31-11-14-6-4-3-5-7-14/h3-10,18-19H,11-12H2,1-2H3,(H,27,29). The Kier molecular flexibility index (Phi) is 7.01. The van der Waals surface area contributed by atoms with E-state index in [0.717, 1.165) is 5.56 Å². The first-order valence-corrected chi connectivity index (χ1v) is 9.61. The van der Waals surface area contributed by atoms with Gasteiger partial charge in [0.2, 0.25) is 0 Å². The summed E-state index contributed by atoms with van der Waals surface area (Å²) in [4.78, 5) is 28.0. The van der Waals surface area contributed by atoms with E-state index >= 15 is 0 Å². The molecular formula is C22H21F3N2O5. The number of nitrogens with zero attached hydrogens (tertiary/aromatic N) is 1. The number of nitrogens with one attached hydrogen (secondary N) is 1. The fraction of sp³-hybridized carbons (Fsp3) is 0.318. The van der Waals surface area contributed by atoms with Crippen molar-refractivity contribution in [2.75, 3.05) is 13.7 Å². The van der Waals surface area contributed by atoms with E-state index in [1.165, 1.54) is 14.0 Å². The molecule has 1 aliphatic rings. The predicted octanol–water partition coefficient (Wildman–Crippen LogP) is 4.22. The molecule has 2 unspecified atom stereocenters. The second kappa shape index (κ2) is 9.71. The van der Waals surface area contributed by atoms with Gasteiger partial charge in [0.05, 0.1) is 13.2 Å². The molecule has 0 aliphatic carbocycles. The highest BCUT2D eigenvalue weighted by Crippen LogP contribution is 2.35. The second-order valence-corrected chi connectivity index (χ2v) is 7.07. The molecule has 0 saturated carbocycles. The van der Waals surface area contributed by atoms with Crippen molar-refractivity contribution in [3.8, 4) is 11.5 Å². The van der Waals surface area contributed by atoms with Gasteiger partial charge in [-0.1, -0.05) is 36.4 Å². The number of ether oxygens (including phenoxy) is 3. The van der Waals surface area contributed by atoms with Gasteiger partial charge in [-0.2, -0.15) is 13.2 Å². The molecule has 1 N–H and O–H groups in total. The zero-order chi connectivity index (χ0) is 23.3. The summed E-state index contributed by atoms with van der Waals surface area (Å²) in [7, 11) is 1.43. The lowest BCUT2D eigenvalue weighted by molar-refractivity contribution is -0.188. The average molecular weight is 450 g/mol. The highest BCUT2D eigenvalue weighted by molar-refractivity contribution is 6.08. The molecule has 0 radical (unpaired) electrons. The van der Waals surface area contributed by atoms with Crippen LogP contribution in [0.25, 0.3) is 0 Å². The summed E-state index contributed by atoms with van der Waals surface area (Å²) in [5.74, 6) is -1.62. The normalized spacial score (nSPS) is 18.4. The molecule has 1 heterocycles. The average Bonchev–Trinajstić information content (AvgIpc) is 2.75. The van der Waals surface area contributed by atoms with Gasteiger partial charge in [0.1, 0.15) is 12.5 Å². The number of carbonyl (C=O) groups excluding carboxylic acids is 2. The van der Waals surface area contributed by atoms with Crippen LogP contribution in [0.5, 0.6) is 11.5 Å². The molecule has 0 fully saturated rings. The largest absolute Gasteiger partial charge is 0.493 e. The Balaban J connectivity index is 1.84. The summed E-state index contributed by atoms with van der Waals surface area (Å²) in [6, 6.07) is 12.5. The van der Waals surface area contributed by atoms with E-state index in [-0.39, 0.29) is 12.3 Å². The lowest BCUT2D eigenvalue weighted by atomic mass is 9.88. The molecule has 10 heteroatoms. The quantitative estimate of drug-likeness (QED) is 0.639. The molecule has 7 nitrogen and oxygen atoms in total. The van der Waals surface area contributed by atoms with Crippen molar-refractivity contribution in [1.82, 2.24) is 5.32 Å². The van der Waals surface area contributed by atoms with Crippen molar-refractivity contribution in [3.05, 3.63) is 59.7 Å². The van der Waals surface area contributed by atoms with Gasteiger partial charge in [-0.3, -0.25) is 4.79 Å². The summed E-state index contributed by atoms with van der Waals surface area (Å²) < 4.78 is 53.1. The third kappa shape index (κ3) is 5.77. The number of methoxy groups -OCH3 is 1. The van der Waals surface area contributed by atoms with Crippen molar-refractivity contribution in [2.45, 2.75) is 25.7 Å². The molecule has 2 aromatic rings. The number of amides is 2. The van der Waals surface area contributed by atoms with Crippen LogP contribution in [0.4, 0.5) is 18.0 Å². The number of benzene rings is 2. The van der Waals surface area contributed by atoms with Crippen LogP contribution in [0.2, 0.25) is 0 Å². The number of rotatable bonds is 7. The third-order valence-corrected chi connectivity index (χ3v) is 4.76. The third-order valence-electron chi connectivity index (χ3n) is 4.76. The molecule has 2 amide bonds. The minimum atomic E-state index is -4.67. The smallest absolute Gasteiger partial charge is 0.422 e. The van der Waals surface area contributed by atoms with Gasteiger partial charge in [-0.05, 0) is 30.2 Å². The van der Waals surface area contributed by atoms with Crippen molar-refractivity contribution in [3.63, 3.8) is 0 Å². The molecule has 3 rings (SSSR count). The molecular weight excluding hydrogens is 429 g/mol. The van der Waals surface area contributed by atoms with E-state index in [0.29, 0.717) is 17.1 Å². The van der Waals surface area contributed by atoms with Crippen LogP contribution in [0, 0.1) is 5.92 Å². The van der Waals surface area contributed by atoms with E-state index in [2.05, 4.69) is 15.0 Å². The predicted molar refractivity (Wildman–Crippen MR) is 109 cm³/mol. The number of halogens is 3. The molecule has 32 heavy (non-hydrogen) atoms. The van der Waals surface area contributed by atoms with Crippen LogP contribution < -0.4 is 14.8 Å². The number of esters is 1. The van der Waals surface area contributed by atoms with Crippen molar-refractivity contribution >= 4 is 17.7 Å². The molecule has 2 atom stereocenters. The first-order chi connectivity index (χ1) is 15.2. The maximum Gasteiger partial charge on any atom is 0.422 e. The number of carbonyl (C=O) groups is 2. The summed E-state index contributed by atoms with van der Waals surface area (Å²) in [5.41, 5.74) is 1.41. The van der Waals surface area contributed by atoms with Crippen molar-refractivity contribution in [1.29, 1.82) is 0 Å². The minimum Gasteiger partial charge on any atom is -0.493 e. The van der Waals surface area contributed by atoms with Gasteiger partial charge in [0, 0.05) is 5.71 Å². The van der Waals surface area contributed by atoms with Crippen LogP contribution >= 0.6 is 0 Å². The second-order valence-electron chi connectivity index (χ2n) is 7.07. The Labute approximate surface area is 182 Å². The van der Waals surface area contributed by atoms with E-state index in [9.17, 15) is 22.8 Å². The molecule has 0 aromatic heterocycles. The van der Waals surface area contributed by atoms with Gasteiger partial charge in [0.25, 0.3) is 0 Å². The summed E-state index contributed by atoms with van der Waals surface area (Å²) in [6.07, 6.45) is -4.67. The van der Waals surface area contributed by atoms with Crippen molar-refractivity contribution < 1.29 is 37.0 Å². The Morgan fingerprint density at radius 1 is 1.12 bits per heavy atom. The van der Waals surface area contributed by atoms with Gasteiger partial charge in [-0.25, -0.2) is 9.79 Å². The molecule has 1 aliphatic heterocycles. The maximum absolute atomic E-state index is 12.5. The molecule has 0 saturated heterocycles. The van der Waals surface area contributed by atoms with Crippen LogP contribution in [0.3, 0.4) is 0 Å². The molecule has 2 aromatic carbocycles. The fourth-order valence-electron chi connectivity index (χ4n) is 3.28. The van der Waals surface area contributed by atoms with Crippen LogP contribution in [0.15, 0.2) is 53.5 Å². The number of aliphatic imine (C=N–C) groups is 1. The lowest BCUT2D eigenvalue weighted by Gasteiger charge is -2.30. The fourth-order valence-corrected chi connectivity index (χ4v) is 3.28. The lowest BCUT2D eigenvalue weighted by Crippen LogP contribution is -2.44. The molecule has 170 valence electrons. The minimum absolute atomic E-state index is 0.0503. The van der Waals surface area contributed by atoms with Gasteiger partial charge < -0.3 is 19.5 Å². The highest BCUT2D eigenvalue weighted by Gasteiger charge is 2.40. The van der Waals surface area contributed by atoms with Crippen molar-refractivity contribution in [2.24, 2.45) is 10.9 Å². The first kappa shape index (κ1) is 23.1. The summed E-state index contributed by atoms with van der Waals surface area (Å²) >= 11 is 0. The summed E-state index contributed by atoms with van der Waals surface area (Å²) in [5, 5.41) is 2.51. The van der Waals surface area contributed by atoms with E-state index in [1.54, 1.807) is 18.2 Å². The van der Waals surface area contributed by atoms with Gasteiger partial charge in [-0.15, -0.1) is 0 Å². The number of hydrogen-bond donors (Lipinski definition) is 1. The number of alkyl halides is 3. The van der Waals surface area contributed by atoms with Gasteiger partial charge >= 0.3 is 18.2 Å². The van der Waals surface area contributed by atoms with E-state index in [1.807, 2.05) is 30.3 Å². The molecule has 0 spiro atoms. The Hall–Kier alpha value is -3.56. The number of hydrogen-bond acceptors (Lipinski definition) is 5.